The highest BCUT2D eigenvalue weighted by atomic mass is 28.4. The predicted octanol–water partition coefficient (Wildman–Crippen LogP) is 6.00. The molecule has 2 aromatic carbocycles. The molecule has 0 aliphatic heterocycles. The highest BCUT2D eigenvalue weighted by Gasteiger charge is 2.53. The van der Waals surface area contributed by atoms with Crippen LogP contribution in [0.4, 0.5) is 9.59 Å². The fraction of sp³-hybridized carbons (Fsp3) is 0.452. The van der Waals surface area contributed by atoms with Crippen LogP contribution in [0.3, 0.4) is 0 Å². The lowest BCUT2D eigenvalue weighted by molar-refractivity contribution is -0.127. The highest BCUT2D eigenvalue weighted by molar-refractivity contribution is 6.74. The molecular weight excluding hydrogens is 522 g/mol. The van der Waals surface area contributed by atoms with Gasteiger partial charge in [0.05, 0.1) is 12.1 Å². The topological polar surface area (TPSA) is 97.0 Å². The number of rotatable bonds is 11. The van der Waals surface area contributed by atoms with Gasteiger partial charge in [-0.15, -0.1) is 0 Å². The summed E-state index contributed by atoms with van der Waals surface area (Å²) >= 11 is 0. The van der Waals surface area contributed by atoms with Gasteiger partial charge >= 0.3 is 12.1 Å². The molecule has 0 saturated carbocycles. The minimum absolute atomic E-state index is 0.0505. The molecule has 0 aliphatic carbocycles. The first kappa shape index (κ1) is 32.8. The maximum absolute atomic E-state index is 13.7. The van der Waals surface area contributed by atoms with Gasteiger partial charge in [-0.25, -0.2) is 9.59 Å². The van der Waals surface area contributed by atoms with Crippen molar-refractivity contribution in [2.24, 2.45) is 0 Å². The number of ether oxygens (including phenoxy) is 1. The molecule has 0 heterocycles. The van der Waals surface area contributed by atoms with Crippen LogP contribution in [0.1, 0.15) is 45.7 Å². The summed E-state index contributed by atoms with van der Waals surface area (Å²) in [5.74, 6) is -0.361. The van der Waals surface area contributed by atoms with E-state index in [9.17, 15) is 14.4 Å². The van der Waals surface area contributed by atoms with Gasteiger partial charge in [0.2, 0.25) is 0 Å². The number of alkyl carbamates (subject to hydrolysis) is 1. The number of amides is 3. The Morgan fingerprint density at radius 3 is 2.02 bits per heavy atom. The third kappa shape index (κ3) is 8.53. The van der Waals surface area contributed by atoms with Gasteiger partial charge in [-0.05, 0) is 43.1 Å². The summed E-state index contributed by atoms with van der Waals surface area (Å²) in [4.78, 5) is 41.4. The second kappa shape index (κ2) is 13.8. The standard InChI is InChI=1S/C31H45N3O5Si/c1-23(35)31(33-28(36)34(6)7,24(2)39-40(8,9)30(3,4)5)27(21-20-25-16-12-10-13-17-25)32-29(37)38-22-26-18-14-11-15-19-26/h10-21,24,27H,22H2,1-9H3,(H,32,37)(H,33,36)/b21-20+/t24-,27-,31?/m1/s1. The average molecular weight is 568 g/mol. The fourth-order valence-corrected chi connectivity index (χ4v) is 5.43. The smallest absolute Gasteiger partial charge is 0.408 e. The van der Waals surface area contributed by atoms with Crippen molar-refractivity contribution in [3.05, 3.63) is 77.9 Å². The number of nitrogens with one attached hydrogen (secondary N) is 2. The molecule has 0 bridgehead atoms. The number of ketones is 1. The van der Waals surface area contributed by atoms with E-state index < -0.39 is 38.1 Å². The molecule has 0 fully saturated rings. The third-order valence-corrected chi connectivity index (χ3v) is 12.0. The van der Waals surface area contributed by atoms with Crippen LogP contribution in [0.15, 0.2) is 66.7 Å². The molecule has 0 saturated heterocycles. The van der Waals surface area contributed by atoms with Gasteiger partial charge in [-0.2, -0.15) is 0 Å². The molecule has 9 heteroatoms. The molecule has 3 amide bonds. The van der Waals surface area contributed by atoms with Gasteiger partial charge in [0.25, 0.3) is 0 Å². The van der Waals surface area contributed by atoms with E-state index in [2.05, 4.69) is 44.5 Å². The number of benzene rings is 2. The summed E-state index contributed by atoms with van der Waals surface area (Å²) in [6, 6.07) is 17.3. The van der Waals surface area contributed by atoms with E-state index in [4.69, 9.17) is 9.16 Å². The van der Waals surface area contributed by atoms with Crippen LogP contribution < -0.4 is 10.6 Å². The summed E-state index contributed by atoms with van der Waals surface area (Å²) in [6.07, 6.45) is 1.99. The van der Waals surface area contributed by atoms with Crippen LogP contribution in [0.2, 0.25) is 18.1 Å². The maximum atomic E-state index is 13.7. The normalized spacial score (nSPS) is 15.0. The molecule has 0 spiro atoms. The molecule has 0 aliphatic rings. The van der Waals surface area contributed by atoms with Gasteiger partial charge in [-0.3, -0.25) is 4.79 Å². The number of carbonyl (C=O) groups excluding carboxylic acids is 3. The SMILES string of the molecule is CC(=O)C(NC(=O)N(C)C)([C@@H](/C=C/c1ccccc1)NC(=O)OCc1ccccc1)[C@@H](C)O[Si](C)(C)C(C)(C)C. The number of hydrogen-bond donors (Lipinski definition) is 2. The van der Waals surface area contributed by atoms with Crippen molar-refractivity contribution in [1.29, 1.82) is 0 Å². The highest BCUT2D eigenvalue weighted by Crippen LogP contribution is 2.39. The predicted molar refractivity (Wildman–Crippen MR) is 162 cm³/mol. The summed E-state index contributed by atoms with van der Waals surface area (Å²) in [5.41, 5.74) is 0.0391. The van der Waals surface area contributed by atoms with Crippen LogP contribution in [0.5, 0.6) is 0 Å². The molecule has 2 N–H and O–H groups in total. The zero-order valence-corrected chi connectivity index (χ0v) is 26.3. The van der Waals surface area contributed by atoms with Crippen LogP contribution in [0.25, 0.3) is 6.08 Å². The summed E-state index contributed by atoms with van der Waals surface area (Å²) in [6.45, 7) is 13.7. The molecule has 40 heavy (non-hydrogen) atoms. The Kier molecular flexibility index (Phi) is 11.3. The van der Waals surface area contributed by atoms with Crippen molar-refractivity contribution >= 4 is 32.3 Å². The Labute approximate surface area is 240 Å². The molecule has 2 aromatic rings. The number of hydrogen-bond acceptors (Lipinski definition) is 5. The summed E-state index contributed by atoms with van der Waals surface area (Å²) in [7, 11) is 0.767. The van der Waals surface area contributed by atoms with E-state index in [0.29, 0.717) is 0 Å². The van der Waals surface area contributed by atoms with E-state index in [0.717, 1.165) is 11.1 Å². The van der Waals surface area contributed by atoms with Crippen molar-refractivity contribution in [3.8, 4) is 0 Å². The monoisotopic (exact) mass is 567 g/mol. The third-order valence-electron chi connectivity index (χ3n) is 7.48. The molecule has 8 nitrogen and oxygen atoms in total. The molecule has 218 valence electrons. The zero-order valence-electron chi connectivity index (χ0n) is 25.3. The van der Waals surface area contributed by atoms with E-state index in [-0.39, 0.29) is 17.4 Å². The Morgan fingerprint density at radius 2 is 1.52 bits per heavy atom. The van der Waals surface area contributed by atoms with E-state index >= 15 is 0 Å². The van der Waals surface area contributed by atoms with Gasteiger partial charge in [0.1, 0.15) is 12.1 Å². The Bertz CT molecular complexity index is 1160. The molecule has 0 aromatic heterocycles. The Morgan fingerprint density at radius 1 is 0.975 bits per heavy atom. The first-order chi connectivity index (χ1) is 18.6. The van der Waals surface area contributed by atoms with Gasteiger partial charge < -0.3 is 24.7 Å². The molecule has 2 rings (SSSR count). The quantitative estimate of drug-likeness (QED) is 0.325. The molecule has 3 atom stereocenters. The Hall–Kier alpha value is -3.43. The number of carbonyl (C=O) groups is 3. The Balaban J connectivity index is 2.59. The van der Waals surface area contributed by atoms with Crippen LogP contribution >= 0.6 is 0 Å². The minimum atomic E-state index is -2.42. The lowest BCUT2D eigenvalue weighted by atomic mass is 9.80. The fourth-order valence-electron chi connectivity index (χ4n) is 4.00. The van der Waals surface area contributed by atoms with Gasteiger partial charge in [0.15, 0.2) is 14.1 Å². The van der Waals surface area contributed by atoms with Crippen LogP contribution in [0, 0.1) is 0 Å². The molecular formula is C31H45N3O5Si. The van der Waals surface area contributed by atoms with Crippen molar-refractivity contribution < 1.29 is 23.5 Å². The summed E-state index contributed by atoms with van der Waals surface area (Å²) in [5, 5.41) is 5.63. The van der Waals surface area contributed by atoms with Crippen LogP contribution in [-0.4, -0.2) is 62.9 Å². The summed E-state index contributed by atoms with van der Waals surface area (Å²) < 4.78 is 12.2. The van der Waals surface area contributed by atoms with Crippen LogP contribution in [-0.2, 0) is 20.6 Å². The zero-order chi connectivity index (χ0) is 30.1. The number of Topliss-reactive ketones (excluding diaryl/α,β-unsaturated/α-hetero) is 1. The maximum Gasteiger partial charge on any atom is 0.408 e. The lowest BCUT2D eigenvalue weighted by Gasteiger charge is -2.47. The van der Waals surface area contributed by atoms with E-state index in [1.54, 1.807) is 33.2 Å². The first-order valence-corrected chi connectivity index (χ1v) is 16.4. The van der Waals surface area contributed by atoms with Crippen molar-refractivity contribution in [3.63, 3.8) is 0 Å². The van der Waals surface area contributed by atoms with Crippen molar-refractivity contribution in [1.82, 2.24) is 15.5 Å². The van der Waals surface area contributed by atoms with E-state index in [1.807, 2.05) is 60.7 Å². The number of nitrogens with zero attached hydrogens (tertiary/aromatic N) is 1. The van der Waals surface area contributed by atoms with Crippen molar-refractivity contribution in [2.75, 3.05) is 14.1 Å². The minimum Gasteiger partial charge on any atom is -0.445 e. The average Bonchev–Trinajstić information content (AvgIpc) is 2.88. The first-order valence-electron chi connectivity index (χ1n) is 13.5. The van der Waals surface area contributed by atoms with Gasteiger partial charge in [0, 0.05) is 14.1 Å². The number of urea groups is 1. The van der Waals surface area contributed by atoms with Crippen molar-refractivity contribution in [2.45, 2.75) is 77.0 Å². The molecule has 1 unspecified atom stereocenters. The molecule has 0 radical (unpaired) electrons. The second-order valence-electron chi connectivity index (χ2n) is 11.7. The van der Waals surface area contributed by atoms with E-state index in [1.165, 1.54) is 11.8 Å². The lowest BCUT2D eigenvalue weighted by Crippen LogP contribution is -2.73. The van der Waals surface area contributed by atoms with Gasteiger partial charge in [-0.1, -0.05) is 93.6 Å². The largest absolute Gasteiger partial charge is 0.445 e. The second-order valence-corrected chi connectivity index (χ2v) is 16.5.